The molecule has 1 aromatic carbocycles. The molecule has 8 heteroatoms. The first-order valence-corrected chi connectivity index (χ1v) is 10.6. The summed E-state index contributed by atoms with van der Waals surface area (Å²) in [7, 11) is 5.62. The molecule has 0 aliphatic carbocycles. The van der Waals surface area contributed by atoms with Gasteiger partial charge in [-0.25, -0.2) is 9.97 Å². The first kappa shape index (κ1) is 20.3. The number of hydrogen-bond acceptors (Lipinski definition) is 7. The van der Waals surface area contributed by atoms with Gasteiger partial charge >= 0.3 is 0 Å². The molecule has 3 heterocycles. The lowest BCUT2D eigenvalue weighted by molar-refractivity contribution is -0.126. The molecule has 1 aliphatic rings. The third kappa shape index (κ3) is 4.29. The average molecular weight is 424 g/mol. The van der Waals surface area contributed by atoms with Crippen molar-refractivity contribution >= 4 is 39.0 Å². The number of aromatic nitrogens is 2. The fraction of sp³-hybridized carbons (Fsp3) is 0.318. The van der Waals surface area contributed by atoms with Crippen molar-refractivity contribution in [2.24, 2.45) is 0 Å². The molecule has 0 fully saturated rings. The van der Waals surface area contributed by atoms with E-state index >= 15 is 0 Å². The number of nitrogens with one attached hydrogen (secondary N) is 1. The Kier molecular flexibility index (Phi) is 5.96. The lowest BCUT2D eigenvalue weighted by Crippen LogP contribution is -2.34. The maximum absolute atomic E-state index is 12.5. The quantitative estimate of drug-likeness (QED) is 0.613. The highest BCUT2D eigenvalue weighted by molar-refractivity contribution is 7.19. The molecule has 0 saturated heterocycles. The highest BCUT2D eigenvalue weighted by Gasteiger charge is 2.25. The molecule has 0 unspecified atom stereocenters. The van der Waals surface area contributed by atoms with Gasteiger partial charge in [-0.3, -0.25) is 4.79 Å². The zero-order chi connectivity index (χ0) is 21.1. The van der Waals surface area contributed by atoms with E-state index in [1.165, 1.54) is 10.4 Å². The lowest BCUT2D eigenvalue weighted by atomic mass is 10.0. The van der Waals surface area contributed by atoms with E-state index in [9.17, 15) is 4.79 Å². The predicted octanol–water partition coefficient (Wildman–Crippen LogP) is 3.45. The molecule has 1 aliphatic heterocycles. The summed E-state index contributed by atoms with van der Waals surface area (Å²) >= 11 is 1.64. The monoisotopic (exact) mass is 423 g/mol. The minimum absolute atomic E-state index is 0.0563. The van der Waals surface area contributed by atoms with Gasteiger partial charge in [0.05, 0.1) is 19.0 Å². The molecule has 0 spiro atoms. The van der Waals surface area contributed by atoms with Gasteiger partial charge in [0.2, 0.25) is 5.91 Å². The van der Waals surface area contributed by atoms with Crippen molar-refractivity contribution in [1.29, 1.82) is 0 Å². The van der Waals surface area contributed by atoms with Crippen molar-refractivity contribution in [2.75, 3.05) is 39.6 Å². The van der Waals surface area contributed by atoms with Gasteiger partial charge in [-0.1, -0.05) is 12.1 Å². The Morgan fingerprint density at radius 2 is 2.23 bits per heavy atom. The second-order valence-corrected chi connectivity index (χ2v) is 8.52. The van der Waals surface area contributed by atoms with Crippen LogP contribution in [0.2, 0.25) is 0 Å². The Hall–Kier alpha value is -2.97. The zero-order valence-corrected chi connectivity index (χ0v) is 18.2. The fourth-order valence-corrected chi connectivity index (χ4v) is 4.72. The maximum atomic E-state index is 12.5. The van der Waals surface area contributed by atoms with Crippen LogP contribution < -0.4 is 10.1 Å². The molecular weight excluding hydrogens is 398 g/mol. The van der Waals surface area contributed by atoms with Gasteiger partial charge in [-0.15, -0.1) is 11.3 Å². The number of carbonyl (C=O) groups is 1. The number of rotatable bonds is 6. The number of carbonyl (C=O) groups excluding carboxylic acids is 1. The molecule has 3 aromatic rings. The van der Waals surface area contributed by atoms with Gasteiger partial charge in [0, 0.05) is 35.8 Å². The predicted molar refractivity (Wildman–Crippen MR) is 121 cm³/mol. The van der Waals surface area contributed by atoms with Crippen LogP contribution in [0.3, 0.4) is 0 Å². The summed E-state index contributed by atoms with van der Waals surface area (Å²) < 4.78 is 5.31. The lowest BCUT2D eigenvalue weighted by Gasteiger charge is -2.26. The molecule has 30 heavy (non-hydrogen) atoms. The SMILES string of the molecule is COc1cccc(Nc2ncnc3sc4c(c23)CCN(C(=O)/C=C/CN(C)C)C4)c1. The van der Waals surface area contributed by atoms with Gasteiger partial charge in [0.15, 0.2) is 0 Å². The first-order chi connectivity index (χ1) is 14.5. The third-order valence-corrected chi connectivity index (χ3v) is 6.14. The highest BCUT2D eigenvalue weighted by Crippen LogP contribution is 2.38. The van der Waals surface area contributed by atoms with E-state index in [1.54, 1.807) is 30.8 Å². The zero-order valence-electron chi connectivity index (χ0n) is 17.4. The van der Waals surface area contributed by atoms with Gasteiger partial charge in [0.25, 0.3) is 0 Å². The Bertz CT molecular complexity index is 1090. The summed E-state index contributed by atoms with van der Waals surface area (Å²) in [5.74, 6) is 1.63. The number of fused-ring (bicyclic) bond motifs is 3. The van der Waals surface area contributed by atoms with Gasteiger partial charge < -0.3 is 19.9 Å². The molecule has 1 N–H and O–H groups in total. The largest absolute Gasteiger partial charge is 0.497 e. The highest BCUT2D eigenvalue weighted by atomic mass is 32.1. The molecule has 0 bridgehead atoms. The Morgan fingerprint density at radius 3 is 3.03 bits per heavy atom. The van der Waals surface area contributed by atoms with Crippen LogP contribution in [0.15, 0.2) is 42.7 Å². The van der Waals surface area contributed by atoms with E-state index in [4.69, 9.17) is 4.74 Å². The smallest absolute Gasteiger partial charge is 0.246 e. The van der Waals surface area contributed by atoms with E-state index in [0.717, 1.165) is 40.4 Å². The normalized spacial score (nSPS) is 13.8. The Morgan fingerprint density at radius 1 is 1.37 bits per heavy atom. The van der Waals surface area contributed by atoms with Gasteiger partial charge in [-0.2, -0.15) is 0 Å². The topological polar surface area (TPSA) is 70.6 Å². The van der Waals surface area contributed by atoms with Crippen molar-refractivity contribution in [3.8, 4) is 5.75 Å². The van der Waals surface area contributed by atoms with E-state index in [2.05, 4.69) is 15.3 Å². The summed E-state index contributed by atoms with van der Waals surface area (Å²) in [6.45, 7) is 2.06. The van der Waals surface area contributed by atoms with Crippen molar-refractivity contribution in [3.63, 3.8) is 0 Å². The minimum Gasteiger partial charge on any atom is -0.497 e. The fourth-order valence-electron chi connectivity index (χ4n) is 3.52. The molecule has 0 radical (unpaired) electrons. The molecule has 7 nitrogen and oxygen atoms in total. The molecule has 1 amide bonds. The van der Waals surface area contributed by atoms with Crippen LogP contribution in [0.5, 0.6) is 5.75 Å². The molecule has 4 rings (SSSR count). The standard InChI is InChI=1S/C22H25N5O2S/c1-26(2)10-5-8-19(28)27-11-9-17-18(13-27)30-22-20(17)21(23-14-24-22)25-15-6-4-7-16(12-15)29-3/h4-8,12,14H,9-11,13H2,1-3H3,(H,23,24,25)/b8-5+. The van der Waals surface area contributed by atoms with Crippen molar-refractivity contribution in [3.05, 3.63) is 53.2 Å². The number of nitrogens with zero attached hydrogens (tertiary/aromatic N) is 4. The van der Waals surface area contributed by atoms with Crippen LogP contribution in [0.4, 0.5) is 11.5 Å². The number of benzene rings is 1. The Balaban J connectivity index is 1.58. The summed E-state index contributed by atoms with van der Waals surface area (Å²) in [5, 5.41) is 4.46. The number of thiophene rings is 1. The van der Waals surface area contributed by atoms with Gasteiger partial charge in [0.1, 0.15) is 22.7 Å². The number of likely N-dealkylation sites (N-methyl/N-ethyl adjacent to an activating group) is 1. The number of methoxy groups -OCH3 is 1. The summed E-state index contributed by atoms with van der Waals surface area (Å²) in [4.78, 5) is 27.6. The van der Waals surface area contributed by atoms with E-state index in [-0.39, 0.29) is 5.91 Å². The third-order valence-electron chi connectivity index (χ3n) is 5.01. The molecule has 156 valence electrons. The van der Waals surface area contributed by atoms with Crippen LogP contribution in [-0.4, -0.2) is 60.0 Å². The van der Waals surface area contributed by atoms with Gasteiger partial charge in [-0.05, 0) is 38.2 Å². The summed E-state index contributed by atoms with van der Waals surface area (Å²) in [6.07, 6.45) is 5.96. The number of ether oxygens (including phenoxy) is 1. The number of amides is 1. The molecule has 2 aromatic heterocycles. The second-order valence-electron chi connectivity index (χ2n) is 7.44. The molecular formula is C22H25N5O2S. The number of hydrogen-bond donors (Lipinski definition) is 1. The first-order valence-electron chi connectivity index (χ1n) is 9.81. The van der Waals surface area contributed by atoms with E-state index < -0.39 is 0 Å². The van der Waals surface area contributed by atoms with Crippen molar-refractivity contribution < 1.29 is 9.53 Å². The summed E-state index contributed by atoms with van der Waals surface area (Å²) in [5.41, 5.74) is 2.15. The van der Waals surface area contributed by atoms with Crippen LogP contribution >= 0.6 is 11.3 Å². The average Bonchev–Trinajstić information content (AvgIpc) is 3.12. The van der Waals surface area contributed by atoms with Crippen LogP contribution in [0.1, 0.15) is 10.4 Å². The van der Waals surface area contributed by atoms with Crippen LogP contribution in [0.25, 0.3) is 10.2 Å². The summed E-state index contributed by atoms with van der Waals surface area (Å²) in [6, 6.07) is 7.77. The molecule has 0 atom stereocenters. The van der Waals surface area contributed by atoms with Crippen LogP contribution in [0, 0.1) is 0 Å². The Labute approximate surface area is 180 Å². The molecule has 0 saturated carbocycles. The second kappa shape index (κ2) is 8.81. The van der Waals surface area contributed by atoms with E-state index in [0.29, 0.717) is 13.1 Å². The minimum atomic E-state index is 0.0563. The van der Waals surface area contributed by atoms with Crippen LogP contribution in [-0.2, 0) is 17.8 Å². The maximum Gasteiger partial charge on any atom is 0.246 e. The van der Waals surface area contributed by atoms with E-state index in [1.807, 2.05) is 54.2 Å². The van der Waals surface area contributed by atoms with Crippen molar-refractivity contribution in [2.45, 2.75) is 13.0 Å². The number of anilines is 2. The van der Waals surface area contributed by atoms with Crippen molar-refractivity contribution in [1.82, 2.24) is 19.8 Å².